The average molecular weight is 437 g/mol. The number of hydrogen-bond acceptors (Lipinski definition) is 5. The zero-order valence-electron chi connectivity index (χ0n) is 18.0. The molecule has 1 aliphatic carbocycles. The second-order valence-corrected chi connectivity index (χ2v) is 8.19. The lowest BCUT2D eigenvalue weighted by Gasteiger charge is -2.33. The van der Waals surface area contributed by atoms with Crippen LogP contribution in [0.2, 0.25) is 0 Å². The molecule has 6 heteroatoms. The average Bonchev–Trinajstić information content (AvgIpc) is 3.38. The van der Waals surface area contributed by atoms with Crippen LogP contribution >= 0.6 is 0 Å². The fourth-order valence-electron chi connectivity index (χ4n) is 4.47. The third-order valence-corrected chi connectivity index (χ3v) is 6.09. The number of benzene rings is 3. The summed E-state index contributed by atoms with van der Waals surface area (Å²) in [5, 5.41) is 0. The van der Waals surface area contributed by atoms with Crippen LogP contribution in [-0.2, 0) is 0 Å². The molecular formula is C27H23N3O3. The van der Waals surface area contributed by atoms with Crippen LogP contribution in [0.1, 0.15) is 43.9 Å². The molecular weight excluding hydrogens is 414 g/mol. The van der Waals surface area contributed by atoms with Crippen LogP contribution in [0.25, 0.3) is 0 Å². The van der Waals surface area contributed by atoms with Gasteiger partial charge < -0.3 is 10.6 Å². The molecule has 6 nitrogen and oxygen atoms in total. The third kappa shape index (κ3) is 3.59. The monoisotopic (exact) mass is 437 g/mol. The van der Waals surface area contributed by atoms with Gasteiger partial charge in [0.15, 0.2) is 0 Å². The molecule has 1 fully saturated rings. The van der Waals surface area contributed by atoms with E-state index in [2.05, 4.69) is 0 Å². The van der Waals surface area contributed by atoms with Crippen molar-refractivity contribution in [2.75, 3.05) is 23.7 Å². The number of likely N-dealkylation sites (tertiary alicyclic amines) is 1. The molecule has 1 amide bonds. The van der Waals surface area contributed by atoms with Crippen molar-refractivity contribution in [1.82, 2.24) is 4.90 Å². The molecule has 0 unspecified atom stereocenters. The summed E-state index contributed by atoms with van der Waals surface area (Å²) in [5.74, 6) is -0.957. The van der Waals surface area contributed by atoms with Crippen molar-refractivity contribution in [3.8, 4) is 0 Å². The van der Waals surface area contributed by atoms with E-state index in [4.69, 9.17) is 5.73 Å². The van der Waals surface area contributed by atoms with Gasteiger partial charge in [0.1, 0.15) is 11.4 Å². The number of amides is 1. The van der Waals surface area contributed by atoms with Gasteiger partial charge in [0, 0.05) is 41.2 Å². The SMILES string of the molecule is Nc1ccc(C(=O)N(C2=C(N3CCCC3)C(=O)c3ccccc3C2=O)c2ccccc2)cc1. The number of carbonyl (C=O) groups excluding carboxylic acids is 3. The van der Waals surface area contributed by atoms with Gasteiger partial charge in [-0.05, 0) is 49.2 Å². The van der Waals surface area contributed by atoms with Crippen molar-refractivity contribution in [3.05, 3.63) is 107 Å². The van der Waals surface area contributed by atoms with Crippen molar-refractivity contribution in [3.63, 3.8) is 0 Å². The number of Topliss-reactive ketones (excluding diaryl/α,β-unsaturated/α-hetero) is 2. The maximum Gasteiger partial charge on any atom is 0.263 e. The Morgan fingerprint density at radius 2 is 1.33 bits per heavy atom. The Hall–Kier alpha value is -4.19. The minimum absolute atomic E-state index is 0.105. The van der Waals surface area contributed by atoms with E-state index in [9.17, 15) is 14.4 Å². The summed E-state index contributed by atoms with van der Waals surface area (Å²) in [6.07, 6.45) is 1.86. The van der Waals surface area contributed by atoms with Crippen LogP contribution in [0, 0.1) is 0 Å². The normalized spacial score (nSPS) is 15.6. The van der Waals surface area contributed by atoms with Gasteiger partial charge in [-0.2, -0.15) is 0 Å². The number of allylic oxidation sites excluding steroid dienone is 2. The molecule has 5 rings (SSSR count). The molecule has 3 aromatic carbocycles. The molecule has 1 saturated heterocycles. The minimum atomic E-state index is -0.395. The molecule has 0 bridgehead atoms. The molecule has 0 atom stereocenters. The molecule has 3 aromatic rings. The predicted octanol–water partition coefficient (Wildman–Crippen LogP) is 4.30. The summed E-state index contributed by atoms with van der Waals surface area (Å²) in [6.45, 7) is 1.33. The zero-order chi connectivity index (χ0) is 22.9. The maximum atomic E-state index is 13.9. The van der Waals surface area contributed by atoms with Crippen molar-refractivity contribution in [2.24, 2.45) is 0 Å². The number of anilines is 2. The van der Waals surface area contributed by atoms with Gasteiger partial charge in [0.05, 0.1) is 0 Å². The molecule has 1 aliphatic heterocycles. The Balaban J connectivity index is 1.76. The molecule has 164 valence electrons. The van der Waals surface area contributed by atoms with Crippen molar-refractivity contribution < 1.29 is 14.4 Å². The van der Waals surface area contributed by atoms with Crippen molar-refractivity contribution in [1.29, 1.82) is 0 Å². The topological polar surface area (TPSA) is 83.7 Å². The quantitative estimate of drug-likeness (QED) is 0.615. The Labute approximate surface area is 191 Å². The van der Waals surface area contributed by atoms with Gasteiger partial charge in [-0.3, -0.25) is 19.3 Å². The van der Waals surface area contributed by atoms with E-state index in [0.717, 1.165) is 12.8 Å². The lowest BCUT2D eigenvalue weighted by Crippen LogP contribution is -2.42. The van der Waals surface area contributed by atoms with Crippen LogP contribution in [0.5, 0.6) is 0 Å². The van der Waals surface area contributed by atoms with Gasteiger partial charge in [0.25, 0.3) is 5.91 Å². The van der Waals surface area contributed by atoms with Crippen molar-refractivity contribution >= 4 is 28.8 Å². The van der Waals surface area contributed by atoms with E-state index in [1.54, 1.807) is 72.8 Å². The molecule has 0 saturated carbocycles. The fraction of sp³-hybridized carbons (Fsp3) is 0.148. The second kappa shape index (κ2) is 8.39. The highest BCUT2D eigenvalue weighted by atomic mass is 16.2. The smallest absolute Gasteiger partial charge is 0.263 e. The summed E-state index contributed by atoms with van der Waals surface area (Å²) in [6, 6.07) is 22.4. The molecule has 0 spiro atoms. The van der Waals surface area contributed by atoms with Crippen LogP contribution in [0.3, 0.4) is 0 Å². The lowest BCUT2D eigenvalue weighted by molar-refractivity contribution is 0.0926. The Morgan fingerprint density at radius 1 is 0.758 bits per heavy atom. The van der Waals surface area contributed by atoms with E-state index in [-0.39, 0.29) is 17.3 Å². The summed E-state index contributed by atoms with van der Waals surface area (Å²) < 4.78 is 0. The molecule has 33 heavy (non-hydrogen) atoms. The zero-order valence-corrected chi connectivity index (χ0v) is 18.0. The highest BCUT2D eigenvalue weighted by Gasteiger charge is 2.40. The molecule has 1 heterocycles. The first-order chi connectivity index (χ1) is 16.1. The number of hydrogen-bond donors (Lipinski definition) is 1. The highest BCUT2D eigenvalue weighted by Crippen LogP contribution is 2.35. The Morgan fingerprint density at radius 3 is 1.97 bits per heavy atom. The van der Waals surface area contributed by atoms with Crippen LogP contribution < -0.4 is 10.6 Å². The first-order valence-corrected chi connectivity index (χ1v) is 11.0. The first kappa shape index (κ1) is 20.7. The van der Waals surface area contributed by atoms with E-state index in [0.29, 0.717) is 46.9 Å². The van der Waals surface area contributed by atoms with E-state index in [1.807, 2.05) is 11.0 Å². The van der Waals surface area contributed by atoms with Crippen molar-refractivity contribution in [2.45, 2.75) is 12.8 Å². The van der Waals surface area contributed by atoms with Gasteiger partial charge >= 0.3 is 0 Å². The lowest BCUT2D eigenvalue weighted by atomic mass is 9.88. The van der Waals surface area contributed by atoms with Gasteiger partial charge in [-0.15, -0.1) is 0 Å². The number of nitrogens with zero attached hydrogens (tertiary/aromatic N) is 2. The standard InChI is InChI=1S/C27H23N3O3/c28-19-14-12-18(13-15-19)27(33)30(20-8-2-1-3-9-20)24-23(29-16-6-7-17-29)25(31)21-10-4-5-11-22(21)26(24)32/h1-5,8-15H,6-7,16-17,28H2. The number of nitrogen functional groups attached to an aromatic ring is 1. The summed E-state index contributed by atoms with van der Waals surface area (Å²) in [7, 11) is 0. The molecule has 0 radical (unpaired) electrons. The van der Waals surface area contributed by atoms with Crippen LogP contribution in [-0.4, -0.2) is 35.5 Å². The largest absolute Gasteiger partial charge is 0.399 e. The number of rotatable bonds is 4. The summed E-state index contributed by atoms with van der Waals surface area (Å²) in [5.41, 5.74) is 8.33. The van der Waals surface area contributed by atoms with E-state index < -0.39 is 5.91 Å². The first-order valence-electron chi connectivity index (χ1n) is 11.0. The molecule has 2 N–H and O–H groups in total. The number of fused-ring (bicyclic) bond motifs is 1. The highest BCUT2D eigenvalue weighted by molar-refractivity contribution is 6.30. The third-order valence-electron chi connectivity index (χ3n) is 6.09. The Kier molecular flexibility index (Phi) is 5.26. The number of carbonyl (C=O) groups is 3. The van der Waals surface area contributed by atoms with E-state index in [1.165, 1.54) is 4.90 Å². The Bertz CT molecular complexity index is 1270. The second-order valence-electron chi connectivity index (χ2n) is 8.19. The number of ketones is 2. The fourth-order valence-corrected chi connectivity index (χ4v) is 4.47. The van der Waals surface area contributed by atoms with Gasteiger partial charge in [-0.1, -0.05) is 42.5 Å². The van der Waals surface area contributed by atoms with E-state index >= 15 is 0 Å². The maximum absolute atomic E-state index is 13.9. The van der Waals surface area contributed by atoms with Gasteiger partial charge in [-0.25, -0.2) is 0 Å². The molecule has 2 aliphatic rings. The number of para-hydroxylation sites is 1. The summed E-state index contributed by atoms with van der Waals surface area (Å²) >= 11 is 0. The van der Waals surface area contributed by atoms with Gasteiger partial charge in [0.2, 0.25) is 11.6 Å². The summed E-state index contributed by atoms with van der Waals surface area (Å²) in [4.78, 5) is 44.8. The van der Waals surface area contributed by atoms with Crippen LogP contribution in [0.15, 0.2) is 90.3 Å². The van der Waals surface area contributed by atoms with Crippen LogP contribution in [0.4, 0.5) is 11.4 Å². The number of nitrogens with two attached hydrogens (primary N) is 1. The molecule has 0 aromatic heterocycles. The predicted molar refractivity (Wildman–Crippen MR) is 127 cm³/mol. The minimum Gasteiger partial charge on any atom is -0.399 e.